The predicted octanol–water partition coefficient (Wildman–Crippen LogP) is 2.14. The number of ether oxygens (including phenoxy) is 2. The van der Waals surface area contributed by atoms with Gasteiger partial charge in [0.1, 0.15) is 5.60 Å². The minimum Gasteiger partial charge on any atom is -0.444 e. The number of amides is 1. The van der Waals surface area contributed by atoms with Crippen LogP contribution in [0.5, 0.6) is 0 Å². The molecule has 2 aliphatic heterocycles. The molecule has 2 saturated heterocycles. The third-order valence-corrected chi connectivity index (χ3v) is 4.77. The average molecular weight is 525 g/mol. The van der Waals surface area contributed by atoms with E-state index in [1.54, 1.807) is 0 Å². The molecule has 170 valence electrons. The van der Waals surface area contributed by atoms with E-state index in [9.17, 15) is 4.79 Å². The molecule has 2 N–H and O–H groups in total. The second-order valence-corrected chi connectivity index (χ2v) is 8.79. The summed E-state index contributed by atoms with van der Waals surface area (Å²) in [7, 11) is 0. The van der Waals surface area contributed by atoms with E-state index >= 15 is 0 Å². The first-order chi connectivity index (χ1) is 13.3. The molecule has 0 aromatic carbocycles. The number of guanidine groups is 1. The van der Waals surface area contributed by atoms with E-state index in [4.69, 9.17) is 14.5 Å². The molecule has 0 aromatic heterocycles. The van der Waals surface area contributed by atoms with Crippen LogP contribution in [0.25, 0.3) is 0 Å². The molecule has 2 fully saturated rings. The number of carbonyl (C=O) groups is 1. The number of nitrogens with zero attached hydrogens (tertiary/aromatic N) is 3. The van der Waals surface area contributed by atoms with Crippen molar-refractivity contribution in [1.29, 1.82) is 0 Å². The lowest BCUT2D eigenvalue weighted by Crippen LogP contribution is -2.44. The molecule has 0 saturated carbocycles. The number of hydrogen-bond acceptors (Lipinski definition) is 5. The van der Waals surface area contributed by atoms with Crippen LogP contribution in [0.4, 0.5) is 4.79 Å². The van der Waals surface area contributed by atoms with Crippen molar-refractivity contribution >= 4 is 36.0 Å². The first kappa shape index (κ1) is 26.2. The van der Waals surface area contributed by atoms with Gasteiger partial charge in [0.2, 0.25) is 0 Å². The Morgan fingerprint density at radius 2 is 1.97 bits per heavy atom. The molecule has 2 heterocycles. The highest BCUT2D eigenvalue weighted by Crippen LogP contribution is 2.12. The number of morpholine rings is 1. The molecule has 2 atom stereocenters. The van der Waals surface area contributed by atoms with Crippen LogP contribution in [-0.4, -0.2) is 92.5 Å². The Bertz CT molecular complexity index is 521. The van der Waals surface area contributed by atoms with Crippen molar-refractivity contribution in [2.45, 2.75) is 52.7 Å². The average Bonchev–Trinajstić information content (AvgIpc) is 3.06. The van der Waals surface area contributed by atoms with E-state index < -0.39 is 5.60 Å². The molecule has 0 aliphatic carbocycles. The molecule has 9 heteroatoms. The fraction of sp³-hybridized carbons (Fsp3) is 0.900. The van der Waals surface area contributed by atoms with E-state index in [0.717, 1.165) is 71.4 Å². The highest BCUT2D eigenvalue weighted by atomic mass is 127. The van der Waals surface area contributed by atoms with Crippen LogP contribution in [0.2, 0.25) is 0 Å². The molecular weight excluding hydrogens is 485 g/mol. The number of rotatable bonds is 6. The highest BCUT2D eigenvalue weighted by molar-refractivity contribution is 14.0. The van der Waals surface area contributed by atoms with Crippen LogP contribution in [0.3, 0.4) is 0 Å². The van der Waals surface area contributed by atoms with Gasteiger partial charge in [0.25, 0.3) is 0 Å². The Kier molecular flexibility index (Phi) is 11.6. The molecule has 8 nitrogen and oxygen atoms in total. The minimum absolute atomic E-state index is 0. The maximum Gasteiger partial charge on any atom is 0.407 e. The van der Waals surface area contributed by atoms with E-state index in [1.807, 2.05) is 20.8 Å². The van der Waals surface area contributed by atoms with Gasteiger partial charge >= 0.3 is 6.09 Å². The highest BCUT2D eigenvalue weighted by Gasteiger charge is 2.28. The molecule has 2 aliphatic rings. The molecule has 2 unspecified atom stereocenters. The fourth-order valence-electron chi connectivity index (χ4n) is 3.50. The zero-order valence-corrected chi connectivity index (χ0v) is 21.0. The van der Waals surface area contributed by atoms with Gasteiger partial charge in [-0.1, -0.05) is 6.92 Å². The van der Waals surface area contributed by atoms with Crippen LogP contribution < -0.4 is 10.6 Å². The number of hydrogen-bond donors (Lipinski definition) is 2. The first-order valence-corrected chi connectivity index (χ1v) is 10.6. The van der Waals surface area contributed by atoms with Crippen LogP contribution in [-0.2, 0) is 9.47 Å². The monoisotopic (exact) mass is 525 g/mol. The number of alkyl carbamates (subject to hydrolysis) is 1. The molecular formula is C20H40IN5O3. The maximum absolute atomic E-state index is 12.0. The largest absolute Gasteiger partial charge is 0.444 e. The Labute approximate surface area is 193 Å². The van der Waals surface area contributed by atoms with Crippen molar-refractivity contribution in [2.75, 3.05) is 59.0 Å². The topological polar surface area (TPSA) is 78.4 Å². The lowest BCUT2D eigenvalue weighted by atomic mass is 10.1. The second-order valence-electron chi connectivity index (χ2n) is 8.79. The van der Waals surface area contributed by atoms with Crippen molar-refractivity contribution in [3.05, 3.63) is 0 Å². The van der Waals surface area contributed by atoms with Gasteiger partial charge in [-0.2, -0.15) is 0 Å². The minimum atomic E-state index is -0.477. The first-order valence-electron chi connectivity index (χ1n) is 10.6. The van der Waals surface area contributed by atoms with Crippen LogP contribution in [0, 0.1) is 5.92 Å². The summed E-state index contributed by atoms with van der Waals surface area (Å²) in [5.74, 6) is 1.43. The van der Waals surface area contributed by atoms with Gasteiger partial charge in [-0.05, 0) is 40.0 Å². The molecule has 0 radical (unpaired) electrons. The summed E-state index contributed by atoms with van der Waals surface area (Å²) in [4.78, 5) is 21.6. The van der Waals surface area contributed by atoms with Crippen molar-refractivity contribution in [1.82, 2.24) is 20.4 Å². The van der Waals surface area contributed by atoms with E-state index in [1.165, 1.54) is 0 Å². The normalized spacial score (nSPS) is 22.0. The number of aliphatic imine (C=N–C) groups is 1. The second kappa shape index (κ2) is 12.8. The smallest absolute Gasteiger partial charge is 0.407 e. The summed E-state index contributed by atoms with van der Waals surface area (Å²) in [5, 5.41) is 6.37. The van der Waals surface area contributed by atoms with Crippen molar-refractivity contribution in [3.63, 3.8) is 0 Å². The van der Waals surface area contributed by atoms with Gasteiger partial charge in [-0.25, -0.2) is 4.79 Å². The van der Waals surface area contributed by atoms with Crippen molar-refractivity contribution < 1.29 is 14.3 Å². The van der Waals surface area contributed by atoms with E-state index in [0.29, 0.717) is 5.92 Å². The Morgan fingerprint density at radius 1 is 1.28 bits per heavy atom. The zero-order valence-electron chi connectivity index (χ0n) is 18.7. The maximum atomic E-state index is 12.0. The van der Waals surface area contributed by atoms with Gasteiger partial charge in [0.05, 0.1) is 19.3 Å². The summed E-state index contributed by atoms with van der Waals surface area (Å²) in [6.45, 7) is 18.0. The van der Waals surface area contributed by atoms with Gasteiger partial charge in [-0.15, -0.1) is 24.0 Å². The van der Waals surface area contributed by atoms with Gasteiger partial charge < -0.3 is 25.0 Å². The molecule has 0 aromatic rings. The van der Waals surface area contributed by atoms with Crippen LogP contribution >= 0.6 is 24.0 Å². The quantitative estimate of drug-likeness (QED) is 0.315. The van der Waals surface area contributed by atoms with Crippen LogP contribution in [0.1, 0.15) is 41.0 Å². The van der Waals surface area contributed by atoms with Crippen molar-refractivity contribution in [3.8, 4) is 0 Å². The predicted molar refractivity (Wildman–Crippen MR) is 127 cm³/mol. The number of halogens is 1. The molecule has 0 bridgehead atoms. The standard InChI is InChI=1S/C20H39N5O3.HI/c1-6-21-18(22-13-16(2)14-24-9-11-27-12-10-24)25-8-7-17(15-25)23-19(26)28-20(3,4)5;/h16-17H,6-15H2,1-5H3,(H,21,22)(H,23,26);1H. The summed E-state index contributed by atoms with van der Waals surface area (Å²) < 4.78 is 10.8. The van der Waals surface area contributed by atoms with Gasteiger partial charge in [0.15, 0.2) is 5.96 Å². The van der Waals surface area contributed by atoms with Gasteiger partial charge in [0, 0.05) is 45.8 Å². The van der Waals surface area contributed by atoms with E-state index in [2.05, 4.69) is 34.3 Å². The number of nitrogens with one attached hydrogen (secondary N) is 2. The summed E-state index contributed by atoms with van der Waals surface area (Å²) in [6.07, 6.45) is 0.549. The third kappa shape index (κ3) is 10.2. The number of carbonyl (C=O) groups excluding carboxylic acids is 1. The lowest BCUT2D eigenvalue weighted by Gasteiger charge is -2.29. The summed E-state index contributed by atoms with van der Waals surface area (Å²) >= 11 is 0. The molecule has 2 rings (SSSR count). The Balaban J connectivity index is 0.00000420. The van der Waals surface area contributed by atoms with Crippen LogP contribution in [0.15, 0.2) is 4.99 Å². The molecule has 0 spiro atoms. The molecule has 1 amide bonds. The Morgan fingerprint density at radius 3 is 2.59 bits per heavy atom. The molecule has 29 heavy (non-hydrogen) atoms. The van der Waals surface area contributed by atoms with E-state index in [-0.39, 0.29) is 36.1 Å². The Hall–Kier alpha value is -0.810. The lowest BCUT2D eigenvalue weighted by molar-refractivity contribution is 0.0323. The number of likely N-dealkylation sites (tertiary alicyclic amines) is 1. The summed E-state index contributed by atoms with van der Waals surface area (Å²) in [5.41, 5.74) is -0.477. The summed E-state index contributed by atoms with van der Waals surface area (Å²) in [6, 6.07) is 0.0875. The third-order valence-electron chi connectivity index (χ3n) is 4.77. The fourth-order valence-corrected chi connectivity index (χ4v) is 3.50. The van der Waals surface area contributed by atoms with Crippen molar-refractivity contribution in [2.24, 2.45) is 10.9 Å². The van der Waals surface area contributed by atoms with Gasteiger partial charge in [-0.3, -0.25) is 9.89 Å². The zero-order chi connectivity index (χ0) is 20.6. The SMILES string of the molecule is CCNC(=NCC(C)CN1CCOCC1)N1CCC(NC(=O)OC(C)(C)C)C1.I.